The Morgan fingerprint density at radius 3 is 2.95 bits per heavy atom. The van der Waals surface area contributed by atoms with Crippen LogP contribution in [0.4, 0.5) is 4.79 Å². The summed E-state index contributed by atoms with van der Waals surface area (Å²) in [6.07, 6.45) is -0.355. The lowest BCUT2D eigenvalue weighted by atomic mass is 10.2. The van der Waals surface area contributed by atoms with Gasteiger partial charge in [0.25, 0.3) is 0 Å². The number of hydrogen-bond donors (Lipinski definition) is 2. The van der Waals surface area contributed by atoms with Gasteiger partial charge in [-0.3, -0.25) is 4.57 Å². The Labute approximate surface area is 113 Å². The number of rotatable bonds is 1. The number of nitriles is 1. The van der Waals surface area contributed by atoms with Gasteiger partial charge in [0.2, 0.25) is 0 Å². The Hall–Kier alpha value is -2.75. The lowest BCUT2D eigenvalue weighted by Gasteiger charge is -2.13. The largest absolute Gasteiger partial charge is 0.465 e. The van der Waals surface area contributed by atoms with E-state index in [4.69, 9.17) is 10.4 Å². The highest BCUT2D eigenvalue weighted by Crippen LogP contribution is 2.24. The molecule has 20 heavy (non-hydrogen) atoms. The van der Waals surface area contributed by atoms with Crippen molar-refractivity contribution in [1.82, 2.24) is 14.5 Å². The van der Waals surface area contributed by atoms with Crippen LogP contribution in [0.5, 0.6) is 0 Å². The van der Waals surface area contributed by atoms with Crippen molar-refractivity contribution in [2.24, 2.45) is 0 Å². The van der Waals surface area contributed by atoms with Gasteiger partial charge in [0, 0.05) is 13.1 Å². The minimum absolute atomic E-state index is 0.166. The molecule has 1 unspecified atom stereocenters. The van der Waals surface area contributed by atoms with Crippen molar-refractivity contribution in [3.05, 3.63) is 34.2 Å². The number of H-pyrrole nitrogens is 1. The molecule has 3 rings (SSSR count). The highest BCUT2D eigenvalue weighted by atomic mass is 16.4. The average Bonchev–Trinajstić information content (AvgIpc) is 3.00. The molecular weight excluding hydrogens is 260 g/mol. The van der Waals surface area contributed by atoms with Crippen molar-refractivity contribution >= 4 is 17.1 Å². The third-order valence-corrected chi connectivity index (χ3v) is 3.64. The normalized spacial score (nSPS) is 18.4. The second-order valence-corrected chi connectivity index (χ2v) is 4.81. The van der Waals surface area contributed by atoms with Crippen LogP contribution in [0.3, 0.4) is 0 Å². The molecule has 0 radical (unpaired) electrons. The van der Waals surface area contributed by atoms with Crippen molar-refractivity contribution in [2.45, 2.75) is 12.5 Å². The van der Waals surface area contributed by atoms with Gasteiger partial charge in [-0.15, -0.1) is 0 Å². The Morgan fingerprint density at radius 2 is 2.30 bits per heavy atom. The number of fused-ring (bicyclic) bond motifs is 1. The predicted octanol–water partition coefficient (Wildman–Crippen LogP) is 1.13. The lowest BCUT2D eigenvalue weighted by molar-refractivity contribution is 0.154. The first kappa shape index (κ1) is 12.3. The van der Waals surface area contributed by atoms with Crippen LogP contribution in [0, 0.1) is 11.3 Å². The zero-order valence-corrected chi connectivity index (χ0v) is 10.5. The molecule has 1 aromatic carbocycles. The van der Waals surface area contributed by atoms with Gasteiger partial charge in [-0.05, 0) is 24.6 Å². The minimum atomic E-state index is -0.966. The van der Waals surface area contributed by atoms with E-state index in [0.717, 1.165) is 0 Å². The zero-order chi connectivity index (χ0) is 14.3. The summed E-state index contributed by atoms with van der Waals surface area (Å²) in [5.74, 6) is 0. The molecule has 1 aliphatic rings. The highest BCUT2D eigenvalue weighted by Gasteiger charge is 2.29. The molecule has 1 amide bonds. The fourth-order valence-corrected chi connectivity index (χ4v) is 2.69. The summed E-state index contributed by atoms with van der Waals surface area (Å²) in [6.45, 7) is 0.734. The fourth-order valence-electron chi connectivity index (χ4n) is 2.69. The monoisotopic (exact) mass is 272 g/mol. The number of carboxylic acid groups (broad SMARTS) is 1. The molecule has 7 nitrogen and oxygen atoms in total. The average molecular weight is 272 g/mol. The number of nitrogens with one attached hydrogen (secondary N) is 1. The molecule has 0 spiro atoms. The molecule has 2 aromatic rings. The second kappa shape index (κ2) is 4.42. The summed E-state index contributed by atoms with van der Waals surface area (Å²) >= 11 is 0. The number of nitrogens with zero attached hydrogens (tertiary/aromatic N) is 3. The smallest absolute Gasteiger partial charge is 0.407 e. The quantitative estimate of drug-likeness (QED) is 0.812. The molecule has 1 atom stereocenters. The molecule has 0 saturated carbocycles. The topological polar surface area (TPSA) is 102 Å². The first-order valence-electron chi connectivity index (χ1n) is 6.22. The van der Waals surface area contributed by atoms with Gasteiger partial charge >= 0.3 is 11.8 Å². The number of benzene rings is 1. The van der Waals surface area contributed by atoms with E-state index >= 15 is 0 Å². The summed E-state index contributed by atoms with van der Waals surface area (Å²) in [7, 11) is 0. The maximum Gasteiger partial charge on any atom is 0.407 e. The summed E-state index contributed by atoms with van der Waals surface area (Å²) in [5, 5.41) is 17.8. The number of likely N-dealkylation sites (tertiary alicyclic amines) is 1. The van der Waals surface area contributed by atoms with Crippen LogP contribution in [0.15, 0.2) is 23.0 Å². The molecule has 2 N–H and O–H groups in total. The van der Waals surface area contributed by atoms with Gasteiger partial charge < -0.3 is 15.0 Å². The molecule has 7 heteroatoms. The Balaban J connectivity index is 2.05. The molecular formula is C13H12N4O3. The number of amides is 1. The molecule has 2 heterocycles. The number of aromatic amines is 1. The van der Waals surface area contributed by atoms with Gasteiger partial charge in [0.05, 0.1) is 28.7 Å². The molecule has 1 fully saturated rings. The van der Waals surface area contributed by atoms with Crippen LogP contribution < -0.4 is 5.69 Å². The molecule has 1 saturated heterocycles. The first-order chi connectivity index (χ1) is 9.60. The Bertz CT molecular complexity index is 783. The Kier molecular flexibility index (Phi) is 2.71. The van der Waals surface area contributed by atoms with Crippen LogP contribution in [0.1, 0.15) is 18.0 Å². The van der Waals surface area contributed by atoms with Crippen LogP contribution >= 0.6 is 0 Å². The Morgan fingerprint density at radius 1 is 1.50 bits per heavy atom. The summed E-state index contributed by atoms with van der Waals surface area (Å²) in [6, 6.07) is 6.84. The van der Waals surface area contributed by atoms with Crippen molar-refractivity contribution in [1.29, 1.82) is 5.26 Å². The third kappa shape index (κ3) is 1.82. The van der Waals surface area contributed by atoms with Crippen molar-refractivity contribution in [3.8, 4) is 6.07 Å². The van der Waals surface area contributed by atoms with E-state index in [-0.39, 0.29) is 11.7 Å². The SMILES string of the molecule is N#Cc1ccc2c(c1)[nH]c(=O)n2C1CCN(C(=O)O)C1. The fraction of sp³-hybridized carbons (Fsp3) is 0.308. The van der Waals surface area contributed by atoms with Gasteiger partial charge in [0.1, 0.15) is 0 Å². The van der Waals surface area contributed by atoms with Crippen LogP contribution in [0.2, 0.25) is 0 Å². The van der Waals surface area contributed by atoms with Crippen LogP contribution in [-0.4, -0.2) is 38.7 Å². The number of imidazole rings is 1. The predicted molar refractivity (Wildman–Crippen MR) is 70.5 cm³/mol. The van der Waals surface area contributed by atoms with Gasteiger partial charge in [-0.25, -0.2) is 9.59 Å². The molecule has 1 aliphatic heterocycles. The van der Waals surface area contributed by atoms with E-state index in [9.17, 15) is 9.59 Å². The van der Waals surface area contributed by atoms with Crippen LogP contribution in [-0.2, 0) is 0 Å². The van der Waals surface area contributed by atoms with E-state index in [1.807, 2.05) is 6.07 Å². The molecule has 0 aliphatic carbocycles. The maximum absolute atomic E-state index is 12.1. The highest BCUT2D eigenvalue weighted by molar-refractivity contribution is 5.77. The molecule has 102 valence electrons. The summed E-state index contributed by atoms with van der Waals surface area (Å²) < 4.78 is 1.58. The van der Waals surface area contributed by atoms with Crippen molar-refractivity contribution in [3.63, 3.8) is 0 Å². The first-order valence-corrected chi connectivity index (χ1v) is 6.22. The van der Waals surface area contributed by atoms with E-state index < -0.39 is 6.09 Å². The maximum atomic E-state index is 12.1. The van der Waals surface area contributed by atoms with Crippen molar-refractivity contribution in [2.75, 3.05) is 13.1 Å². The van der Waals surface area contributed by atoms with Gasteiger partial charge in [0.15, 0.2) is 0 Å². The molecule has 0 bridgehead atoms. The summed E-state index contributed by atoms with van der Waals surface area (Å²) in [4.78, 5) is 27.0. The number of carbonyl (C=O) groups is 1. The van der Waals surface area contributed by atoms with E-state index in [1.165, 1.54) is 4.90 Å². The summed E-state index contributed by atoms with van der Waals surface area (Å²) in [5.41, 5.74) is 1.51. The number of aromatic nitrogens is 2. The lowest BCUT2D eigenvalue weighted by Crippen LogP contribution is -2.29. The van der Waals surface area contributed by atoms with Crippen LogP contribution in [0.25, 0.3) is 11.0 Å². The molecule has 1 aromatic heterocycles. The van der Waals surface area contributed by atoms with Gasteiger partial charge in [-0.2, -0.15) is 5.26 Å². The zero-order valence-electron chi connectivity index (χ0n) is 10.5. The van der Waals surface area contributed by atoms with Gasteiger partial charge in [-0.1, -0.05) is 0 Å². The van der Waals surface area contributed by atoms with E-state index in [0.29, 0.717) is 36.1 Å². The van der Waals surface area contributed by atoms with Crippen molar-refractivity contribution < 1.29 is 9.90 Å². The number of hydrogen-bond acceptors (Lipinski definition) is 3. The standard InChI is InChI=1S/C13H12N4O3/c14-6-8-1-2-11-10(5-8)15-12(18)17(11)9-3-4-16(7-9)13(19)20/h1-2,5,9H,3-4,7H2,(H,15,18)(H,19,20). The van der Waals surface area contributed by atoms with E-state index in [2.05, 4.69) is 4.98 Å². The third-order valence-electron chi connectivity index (χ3n) is 3.64. The minimum Gasteiger partial charge on any atom is -0.465 e. The van der Waals surface area contributed by atoms with E-state index in [1.54, 1.807) is 22.8 Å². The second-order valence-electron chi connectivity index (χ2n) is 4.81.